The van der Waals surface area contributed by atoms with Crippen LogP contribution in [-0.2, 0) is 13.0 Å². The van der Waals surface area contributed by atoms with Gasteiger partial charge in [0.2, 0.25) is 0 Å². The molecule has 9 heteroatoms. The van der Waals surface area contributed by atoms with Crippen molar-refractivity contribution >= 4 is 34.3 Å². The van der Waals surface area contributed by atoms with Crippen molar-refractivity contribution < 1.29 is 0 Å². The predicted molar refractivity (Wildman–Crippen MR) is 121 cm³/mol. The van der Waals surface area contributed by atoms with E-state index in [2.05, 4.69) is 27.0 Å². The van der Waals surface area contributed by atoms with Crippen molar-refractivity contribution in [1.29, 1.82) is 0 Å². The van der Waals surface area contributed by atoms with E-state index in [1.165, 1.54) is 0 Å². The van der Waals surface area contributed by atoms with Gasteiger partial charge in [-0.05, 0) is 42.3 Å². The number of aromatic nitrogens is 3. The van der Waals surface area contributed by atoms with Crippen molar-refractivity contribution in [3.8, 4) is 10.6 Å². The number of benzene rings is 1. The number of hydrazone groups is 1. The first kappa shape index (κ1) is 19.0. The predicted octanol–water partition coefficient (Wildman–Crippen LogP) is 3.28. The van der Waals surface area contributed by atoms with Crippen molar-refractivity contribution in [1.82, 2.24) is 25.3 Å². The number of rotatable bonds is 5. The highest BCUT2D eigenvalue weighted by Crippen LogP contribution is 2.35. The molecule has 4 N–H and O–H groups in total. The van der Waals surface area contributed by atoms with E-state index in [4.69, 9.17) is 22.3 Å². The Hall–Kier alpha value is -2.94. The lowest BCUT2D eigenvalue weighted by Gasteiger charge is -2.03. The molecule has 30 heavy (non-hydrogen) atoms. The molecule has 0 saturated carbocycles. The van der Waals surface area contributed by atoms with Gasteiger partial charge in [0, 0.05) is 24.2 Å². The van der Waals surface area contributed by atoms with E-state index in [9.17, 15) is 0 Å². The topological polar surface area (TPSA) is 92.6 Å². The number of fused-ring (bicyclic) bond motifs is 1. The third-order valence-electron chi connectivity index (χ3n) is 5.05. The Morgan fingerprint density at radius 3 is 2.77 bits per heavy atom. The average molecular weight is 438 g/mol. The minimum absolute atomic E-state index is 0.484. The number of hydrogen-bond donors (Lipinski definition) is 3. The summed E-state index contributed by atoms with van der Waals surface area (Å²) in [5.74, 6) is 0.819. The molecule has 0 amide bonds. The lowest BCUT2D eigenvalue weighted by atomic mass is 10.1. The van der Waals surface area contributed by atoms with Gasteiger partial charge in [0.15, 0.2) is 5.84 Å². The maximum atomic E-state index is 6.05. The molecule has 4 heterocycles. The van der Waals surface area contributed by atoms with Crippen LogP contribution in [0.25, 0.3) is 16.1 Å². The number of hydrogen-bond acceptors (Lipinski definition) is 7. The van der Waals surface area contributed by atoms with Gasteiger partial charge in [0.25, 0.3) is 0 Å². The number of aryl methyl sites for hydroxylation is 1. The number of nitrogens with zero attached hydrogens (tertiary/aromatic N) is 4. The molecule has 5 rings (SSSR count). The quantitative estimate of drug-likeness (QED) is 0.445. The van der Waals surface area contributed by atoms with Crippen molar-refractivity contribution in [3.63, 3.8) is 0 Å². The Bertz CT molecular complexity index is 1260. The molecule has 0 spiro atoms. The molecule has 0 fully saturated rings. The summed E-state index contributed by atoms with van der Waals surface area (Å²) in [5, 5.41) is 14.0. The van der Waals surface area contributed by atoms with Crippen molar-refractivity contribution in [2.45, 2.75) is 19.9 Å². The molecule has 0 radical (unpaired) electrons. The molecular weight excluding hydrogens is 418 g/mol. The Morgan fingerprint density at radius 1 is 1.20 bits per heavy atom. The lowest BCUT2D eigenvalue weighted by molar-refractivity contribution is 0.773. The second-order valence-electron chi connectivity index (χ2n) is 7.10. The second-order valence-corrected chi connectivity index (χ2v) is 8.53. The highest BCUT2D eigenvalue weighted by atomic mass is 35.5. The molecule has 3 aromatic heterocycles. The normalized spacial score (nSPS) is 13.4. The summed E-state index contributed by atoms with van der Waals surface area (Å²) in [5.41, 5.74) is 15.0. The van der Waals surface area contributed by atoms with Crippen LogP contribution in [0.15, 0.2) is 47.7 Å². The fraction of sp³-hybridized carbons (Fsp3) is 0.190. The maximum absolute atomic E-state index is 6.05. The zero-order valence-corrected chi connectivity index (χ0v) is 17.9. The first-order valence-corrected chi connectivity index (χ1v) is 10.8. The number of halogens is 1. The van der Waals surface area contributed by atoms with Crippen LogP contribution in [0, 0.1) is 6.92 Å². The first-order chi connectivity index (χ1) is 14.6. The van der Waals surface area contributed by atoms with E-state index in [1.54, 1.807) is 11.3 Å². The van der Waals surface area contributed by atoms with Crippen LogP contribution in [0.1, 0.15) is 27.4 Å². The second kappa shape index (κ2) is 7.71. The Kier molecular flexibility index (Phi) is 4.90. The molecule has 1 aromatic carbocycles. The van der Waals surface area contributed by atoms with Crippen LogP contribution in [-0.4, -0.2) is 27.1 Å². The SMILES string of the molecule is Cc1nn2ccc(CN)cc2c1-c1nc(Cc2ccc(Cl)cc2)c(C2=NNCN2)s1. The van der Waals surface area contributed by atoms with Crippen LogP contribution in [0.5, 0.6) is 0 Å². The van der Waals surface area contributed by atoms with E-state index >= 15 is 0 Å². The highest BCUT2D eigenvalue weighted by molar-refractivity contribution is 7.17. The van der Waals surface area contributed by atoms with Gasteiger partial charge in [-0.3, -0.25) is 5.43 Å². The van der Waals surface area contributed by atoms with Crippen molar-refractivity contribution in [2.75, 3.05) is 6.67 Å². The first-order valence-electron chi connectivity index (χ1n) is 9.59. The lowest BCUT2D eigenvalue weighted by Crippen LogP contribution is -2.21. The van der Waals surface area contributed by atoms with E-state index in [-0.39, 0.29) is 0 Å². The maximum Gasteiger partial charge on any atom is 0.166 e. The van der Waals surface area contributed by atoms with Crippen LogP contribution in [0.4, 0.5) is 0 Å². The summed E-state index contributed by atoms with van der Waals surface area (Å²) in [6.45, 7) is 3.10. The summed E-state index contributed by atoms with van der Waals surface area (Å²) in [6.07, 6.45) is 2.64. The van der Waals surface area contributed by atoms with Gasteiger partial charge in [-0.25, -0.2) is 9.50 Å². The van der Waals surface area contributed by atoms with Gasteiger partial charge in [0.1, 0.15) is 11.7 Å². The molecule has 0 bridgehead atoms. The molecule has 7 nitrogen and oxygen atoms in total. The molecule has 4 aromatic rings. The summed E-state index contributed by atoms with van der Waals surface area (Å²) in [6, 6.07) is 11.9. The van der Waals surface area contributed by atoms with Crippen molar-refractivity contribution in [3.05, 3.63) is 75.0 Å². The smallest absolute Gasteiger partial charge is 0.166 e. The minimum Gasteiger partial charge on any atom is -0.349 e. The Morgan fingerprint density at radius 2 is 2.03 bits per heavy atom. The van der Waals surface area contributed by atoms with E-state index in [0.717, 1.165) is 54.3 Å². The van der Waals surface area contributed by atoms with Crippen molar-refractivity contribution in [2.24, 2.45) is 10.8 Å². The summed E-state index contributed by atoms with van der Waals surface area (Å²) >= 11 is 7.67. The fourth-order valence-corrected chi connectivity index (χ4v) is 4.85. The third kappa shape index (κ3) is 3.43. The average Bonchev–Trinajstić information content (AvgIpc) is 3.47. The number of nitrogens with one attached hydrogen (secondary N) is 2. The van der Waals surface area contributed by atoms with E-state index in [1.807, 2.05) is 48.0 Å². The van der Waals surface area contributed by atoms with E-state index < -0.39 is 0 Å². The number of thiazole rings is 1. The molecule has 0 unspecified atom stereocenters. The largest absolute Gasteiger partial charge is 0.349 e. The molecule has 0 atom stereocenters. The zero-order valence-electron chi connectivity index (χ0n) is 16.3. The number of pyridine rings is 1. The van der Waals surface area contributed by atoms with Crippen LogP contribution in [0.2, 0.25) is 5.02 Å². The third-order valence-corrected chi connectivity index (χ3v) is 6.42. The summed E-state index contributed by atoms with van der Waals surface area (Å²) < 4.78 is 1.89. The van der Waals surface area contributed by atoms with Crippen LogP contribution < -0.4 is 16.5 Å². The minimum atomic E-state index is 0.484. The van der Waals surface area contributed by atoms with Crippen LogP contribution >= 0.6 is 22.9 Å². The summed E-state index contributed by atoms with van der Waals surface area (Å²) in [7, 11) is 0. The monoisotopic (exact) mass is 437 g/mol. The molecule has 0 saturated heterocycles. The Labute approximate surface area is 182 Å². The molecule has 1 aliphatic rings. The molecule has 152 valence electrons. The van der Waals surface area contributed by atoms with Gasteiger partial charge in [-0.1, -0.05) is 23.7 Å². The molecule has 0 aliphatic carbocycles. The summed E-state index contributed by atoms with van der Waals surface area (Å²) in [4.78, 5) is 6.06. The van der Waals surface area contributed by atoms with Gasteiger partial charge < -0.3 is 11.1 Å². The highest BCUT2D eigenvalue weighted by Gasteiger charge is 2.23. The van der Waals surface area contributed by atoms with E-state index in [0.29, 0.717) is 19.6 Å². The van der Waals surface area contributed by atoms with Crippen LogP contribution in [0.3, 0.4) is 0 Å². The standard InChI is InChI=1S/C21H20ClN7S/c1-12-18(17-9-14(10-23)6-7-29(17)28-12)21-26-16(8-13-2-4-15(22)5-3-13)19(30-21)20-24-11-25-27-20/h2-7,9,25H,8,10-11,23H2,1H3,(H,24,27). The molecule has 1 aliphatic heterocycles. The fourth-order valence-electron chi connectivity index (χ4n) is 3.57. The van der Waals surface area contributed by atoms with Gasteiger partial charge >= 0.3 is 0 Å². The molecular formula is C21H20ClN7S. The van der Waals surface area contributed by atoms with Gasteiger partial charge in [-0.2, -0.15) is 10.2 Å². The van der Waals surface area contributed by atoms with Gasteiger partial charge in [0.05, 0.1) is 27.3 Å². The zero-order chi connectivity index (χ0) is 20.7. The van der Waals surface area contributed by atoms with Gasteiger partial charge in [-0.15, -0.1) is 11.3 Å². The number of amidine groups is 1. The number of nitrogens with two attached hydrogens (primary N) is 1. The Balaban J connectivity index is 1.63.